The van der Waals surface area contributed by atoms with E-state index in [2.05, 4.69) is 10.3 Å². The highest BCUT2D eigenvalue weighted by Gasteiger charge is 2.20. The number of aromatic nitrogens is 1. The molecule has 0 bridgehead atoms. The monoisotopic (exact) mass is 291 g/mol. The van der Waals surface area contributed by atoms with Gasteiger partial charge in [0, 0.05) is 25.4 Å². The number of methoxy groups -OCH3 is 1. The molecule has 1 atom stereocenters. The van der Waals surface area contributed by atoms with E-state index in [1.165, 1.54) is 18.3 Å². The Balaban J connectivity index is 2.29. The molecule has 6 heteroatoms. The molecule has 0 saturated heterocycles. The molecule has 0 fully saturated rings. The Morgan fingerprint density at radius 1 is 1.45 bits per heavy atom. The first-order chi connectivity index (χ1) is 9.54. The Bertz CT molecular complexity index is 610. The van der Waals surface area contributed by atoms with Gasteiger partial charge in [0.15, 0.2) is 11.5 Å². The molecular weight excluding hydrogens is 274 g/mol. The van der Waals surface area contributed by atoms with Gasteiger partial charge in [-0.3, -0.25) is 9.78 Å². The number of carbonyl (C=O) groups excluding carboxylic acids is 1. The first-order valence-corrected chi connectivity index (χ1v) is 7.00. The quantitative estimate of drug-likeness (QED) is 0.828. The maximum atomic E-state index is 11.5. The third kappa shape index (κ3) is 2.75. The van der Waals surface area contributed by atoms with Gasteiger partial charge in [-0.15, -0.1) is 11.3 Å². The molecule has 2 rings (SSSR count). The standard InChI is InChI=1S/C14H17N3O2S/c1-8(10-4-6-16-7-5-10)17-14-12(19-3)11(15)13(20-14)9(2)18/h4-8,17H,15H2,1-3H3. The van der Waals surface area contributed by atoms with Gasteiger partial charge in [0.2, 0.25) is 0 Å². The highest BCUT2D eigenvalue weighted by Crippen LogP contribution is 2.43. The van der Waals surface area contributed by atoms with Crippen molar-refractivity contribution in [1.82, 2.24) is 4.98 Å². The minimum atomic E-state index is -0.0598. The molecule has 3 N–H and O–H groups in total. The van der Waals surface area contributed by atoms with Crippen molar-refractivity contribution in [2.75, 3.05) is 18.2 Å². The summed E-state index contributed by atoms with van der Waals surface area (Å²) in [5.74, 6) is 0.469. The summed E-state index contributed by atoms with van der Waals surface area (Å²) in [6.45, 7) is 3.52. The fourth-order valence-electron chi connectivity index (χ4n) is 1.92. The zero-order valence-electron chi connectivity index (χ0n) is 11.6. The Hall–Kier alpha value is -2.08. The van der Waals surface area contributed by atoms with E-state index in [1.54, 1.807) is 19.5 Å². The third-order valence-corrected chi connectivity index (χ3v) is 4.20. The maximum Gasteiger partial charge on any atom is 0.176 e. The number of nitrogens with zero attached hydrogens (tertiary/aromatic N) is 1. The number of thiophene rings is 1. The second-order valence-electron chi connectivity index (χ2n) is 4.41. The van der Waals surface area contributed by atoms with Crippen molar-refractivity contribution in [3.8, 4) is 5.75 Å². The maximum absolute atomic E-state index is 11.5. The minimum Gasteiger partial charge on any atom is -0.492 e. The second-order valence-corrected chi connectivity index (χ2v) is 5.43. The third-order valence-electron chi connectivity index (χ3n) is 2.98. The van der Waals surface area contributed by atoms with Crippen LogP contribution in [0.1, 0.15) is 35.1 Å². The molecule has 0 spiro atoms. The lowest BCUT2D eigenvalue weighted by Crippen LogP contribution is -2.06. The number of hydrogen-bond donors (Lipinski definition) is 2. The molecule has 0 aliphatic rings. The van der Waals surface area contributed by atoms with E-state index in [0.717, 1.165) is 10.6 Å². The van der Waals surface area contributed by atoms with E-state index in [9.17, 15) is 4.79 Å². The lowest BCUT2D eigenvalue weighted by Gasteiger charge is -2.15. The van der Waals surface area contributed by atoms with Gasteiger partial charge in [-0.1, -0.05) is 0 Å². The average molecular weight is 291 g/mol. The Morgan fingerprint density at radius 2 is 2.10 bits per heavy atom. The molecule has 0 aromatic carbocycles. The number of anilines is 2. The molecule has 0 radical (unpaired) electrons. The first kappa shape index (κ1) is 14.3. The molecule has 0 saturated carbocycles. The van der Waals surface area contributed by atoms with Gasteiger partial charge in [0.25, 0.3) is 0 Å². The lowest BCUT2D eigenvalue weighted by molar-refractivity contribution is 0.102. The van der Waals surface area contributed by atoms with Gasteiger partial charge >= 0.3 is 0 Å². The number of pyridine rings is 1. The fourth-order valence-corrected chi connectivity index (χ4v) is 2.99. The normalized spacial score (nSPS) is 11.9. The van der Waals surface area contributed by atoms with Gasteiger partial charge in [0.1, 0.15) is 5.00 Å². The van der Waals surface area contributed by atoms with Gasteiger partial charge in [-0.25, -0.2) is 0 Å². The van der Waals surface area contributed by atoms with Crippen molar-refractivity contribution in [2.45, 2.75) is 19.9 Å². The van der Waals surface area contributed by atoms with E-state index in [1.807, 2.05) is 19.1 Å². The van der Waals surface area contributed by atoms with Crippen LogP contribution < -0.4 is 15.8 Å². The molecule has 0 aliphatic carbocycles. The molecule has 1 unspecified atom stereocenters. The van der Waals surface area contributed by atoms with E-state index in [4.69, 9.17) is 10.5 Å². The van der Waals surface area contributed by atoms with Crippen molar-refractivity contribution in [3.63, 3.8) is 0 Å². The number of ketones is 1. The molecular formula is C14H17N3O2S. The number of Topliss-reactive ketones (excluding diaryl/α,β-unsaturated/α-hetero) is 1. The van der Waals surface area contributed by atoms with E-state index >= 15 is 0 Å². The number of nitrogens with one attached hydrogen (secondary N) is 1. The van der Waals surface area contributed by atoms with Crippen LogP contribution in [-0.2, 0) is 0 Å². The van der Waals surface area contributed by atoms with Gasteiger partial charge in [0.05, 0.1) is 17.7 Å². The summed E-state index contributed by atoms with van der Waals surface area (Å²) in [4.78, 5) is 16.1. The molecule has 0 aliphatic heterocycles. The molecule has 0 amide bonds. The van der Waals surface area contributed by atoms with E-state index in [0.29, 0.717) is 16.3 Å². The zero-order chi connectivity index (χ0) is 14.7. The van der Waals surface area contributed by atoms with Crippen molar-refractivity contribution in [2.24, 2.45) is 0 Å². The summed E-state index contributed by atoms with van der Waals surface area (Å²) in [7, 11) is 1.55. The summed E-state index contributed by atoms with van der Waals surface area (Å²) in [5.41, 5.74) is 7.44. The van der Waals surface area contributed by atoms with Crippen LogP contribution in [0, 0.1) is 0 Å². The first-order valence-electron chi connectivity index (χ1n) is 6.18. The molecule has 5 nitrogen and oxygen atoms in total. The zero-order valence-corrected chi connectivity index (χ0v) is 12.5. The highest BCUT2D eigenvalue weighted by atomic mass is 32.1. The van der Waals surface area contributed by atoms with Gasteiger partial charge < -0.3 is 15.8 Å². The van der Waals surface area contributed by atoms with Crippen molar-refractivity contribution in [1.29, 1.82) is 0 Å². The minimum absolute atomic E-state index is 0.0598. The van der Waals surface area contributed by atoms with Crippen molar-refractivity contribution >= 4 is 27.8 Å². The number of carbonyl (C=O) groups is 1. The molecule has 2 aromatic rings. The number of hydrogen-bond acceptors (Lipinski definition) is 6. The summed E-state index contributed by atoms with van der Waals surface area (Å²) >= 11 is 1.32. The van der Waals surface area contributed by atoms with Crippen molar-refractivity contribution in [3.05, 3.63) is 35.0 Å². The Kier molecular flexibility index (Phi) is 4.24. The molecule has 2 heterocycles. The number of nitrogens with two attached hydrogens (primary N) is 1. The van der Waals surface area contributed by atoms with Crippen LogP contribution in [0.25, 0.3) is 0 Å². The van der Waals surface area contributed by atoms with Crippen molar-refractivity contribution < 1.29 is 9.53 Å². The number of nitrogen functional groups attached to an aromatic ring is 1. The van der Waals surface area contributed by atoms with E-state index < -0.39 is 0 Å². The van der Waals surface area contributed by atoms with Crippen LogP contribution in [-0.4, -0.2) is 17.9 Å². The lowest BCUT2D eigenvalue weighted by atomic mass is 10.1. The largest absolute Gasteiger partial charge is 0.492 e. The average Bonchev–Trinajstić information content (AvgIpc) is 2.76. The summed E-state index contributed by atoms with van der Waals surface area (Å²) in [6.07, 6.45) is 3.49. The van der Waals surface area contributed by atoms with Crippen LogP contribution >= 0.6 is 11.3 Å². The van der Waals surface area contributed by atoms with Crippen LogP contribution in [0.5, 0.6) is 5.75 Å². The van der Waals surface area contributed by atoms with Gasteiger partial charge in [-0.05, 0) is 24.6 Å². The molecule has 20 heavy (non-hydrogen) atoms. The molecule has 2 aromatic heterocycles. The van der Waals surface area contributed by atoms with Gasteiger partial charge in [-0.2, -0.15) is 0 Å². The highest BCUT2D eigenvalue weighted by molar-refractivity contribution is 7.19. The molecule has 106 valence electrons. The van der Waals surface area contributed by atoms with Crippen LogP contribution in [0.4, 0.5) is 10.7 Å². The summed E-state index contributed by atoms with van der Waals surface area (Å²) in [5, 5.41) is 4.09. The smallest absolute Gasteiger partial charge is 0.176 e. The number of rotatable bonds is 5. The number of ether oxygens (including phenoxy) is 1. The Labute approximate surface area is 121 Å². The van der Waals surface area contributed by atoms with Crippen LogP contribution in [0.2, 0.25) is 0 Å². The van der Waals surface area contributed by atoms with Crippen LogP contribution in [0.3, 0.4) is 0 Å². The second kappa shape index (κ2) is 5.92. The predicted molar refractivity (Wildman–Crippen MR) is 81.6 cm³/mol. The Morgan fingerprint density at radius 3 is 2.65 bits per heavy atom. The summed E-state index contributed by atoms with van der Waals surface area (Å²) in [6, 6.07) is 3.93. The summed E-state index contributed by atoms with van der Waals surface area (Å²) < 4.78 is 5.30. The van der Waals surface area contributed by atoms with Crippen LogP contribution in [0.15, 0.2) is 24.5 Å². The SMILES string of the molecule is COc1c(NC(C)c2ccncc2)sc(C(C)=O)c1N. The topological polar surface area (TPSA) is 77.2 Å². The fraction of sp³-hybridized carbons (Fsp3) is 0.286. The predicted octanol–water partition coefficient (Wildman–Crippen LogP) is 3.11. The van der Waals surface area contributed by atoms with E-state index in [-0.39, 0.29) is 11.8 Å².